The summed E-state index contributed by atoms with van der Waals surface area (Å²) in [6, 6.07) is 12.9. The van der Waals surface area contributed by atoms with E-state index in [4.69, 9.17) is 4.42 Å². The van der Waals surface area contributed by atoms with Gasteiger partial charge in [0.05, 0.1) is 10.9 Å². The van der Waals surface area contributed by atoms with Gasteiger partial charge in [-0.1, -0.05) is 46.3 Å². The number of fused-ring (bicyclic) bond motifs is 1. The van der Waals surface area contributed by atoms with Crippen molar-refractivity contribution in [2.24, 2.45) is 0 Å². The highest BCUT2D eigenvalue weighted by atomic mass is 79.9. The predicted molar refractivity (Wildman–Crippen MR) is 80.0 cm³/mol. The normalized spacial score (nSPS) is 12.5. The van der Waals surface area contributed by atoms with Gasteiger partial charge in [0.15, 0.2) is 0 Å². The van der Waals surface area contributed by atoms with Crippen LogP contribution in [-0.2, 0) is 0 Å². The smallest absolute Gasteiger partial charge is 0.404 e. The summed E-state index contributed by atoms with van der Waals surface area (Å²) in [4.78, 5) is 9.69. The number of furan rings is 1. The van der Waals surface area contributed by atoms with Crippen molar-refractivity contribution in [3.8, 4) is 0 Å². The minimum absolute atomic E-state index is 0.306. The molecule has 1 heterocycles. The highest BCUT2D eigenvalue weighted by Gasteiger charge is 2.21. The second-order valence-electron chi connectivity index (χ2n) is 4.48. The summed E-state index contributed by atoms with van der Waals surface area (Å²) in [6.45, 7) is 0. The largest absolute Gasteiger partial charge is 0.433 e. The number of rotatable bonds is 3. The first-order valence-corrected chi connectivity index (χ1v) is 7.05. The van der Waals surface area contributed by atoms with Crippen molar-refractivity contribution < 1.29 is 13.7 Å². The van der Waals surface area contributed by atoms with Crippen LogP contribution in [0.1, 0.15) is 16.2 Å². The fourth-order valence-corrected chi connectivity index (χ4v) is 2.88. The van der Waals surface area contributed by atoms with Gasteiger partial charge in [0, 0.05) is 5.39 Å². The molecule has 3 rings (SSSR count). The molecule has 106 valence electrons. The lowest BCUT2D eigenvalue weighted by atomic mass is 10.0. The Kier molecular flexibility index (Phi) is 3.47. The molecule has 0 saturated carbocycles. The molecule has 0 aliphatic rings. The minimum atomic E-state index is -0.591. The Morgan fingerprint density at radius 1 is 1.10 bits per heavy atom. The van der Waals surface area contributed by atoms with Gasteiger partial charge in [-0.25, -0.2) is 4.39 Å². The second-order valence-corrected chi connectivity index (χ2v) is 5.39. The second kappa shape index (κ2) is 5.29. The molecule has 0 aliphatic carbocycles. The summed E-state index contributed by atoms with van der Waals surface area (Å²) in [7, 11) is 0. The van der Waals surface area contributed by atoms with Crippen molar-refractivity contribution in [1.29, 1.82) is 0 Å². The van der Waals surface area contributed by atoms with Gasteiger partial charge in [-0.3, -0.25) is 10.1 Å². The van der Waals surface area contributed by atoms with E-state index in [1.165, 1.54) is 18.2 Å². The van der Waals surface area contributed by atoms with Crippen LogP contribution in [0, 0.1) is 15.9 Å². The Morgan fingerprint density at radius 2 is 1.81 bits per heavy atom. The third kappa shape index (κ3) is 2.42. The third-order valence-electron chi connectivity index (χ3n) is 3.22. The molecule has 0 N–H and O–H groups in total. The highest BCUT2D eigenvalue weighted by Crippen LogP contribution is 2.37. The van der Waals surface area contributed by atoms with Crippen LogP contribution in [0.3, 0.4) is 0 Å². The van der Waals surface area contributed by atoms with E-state index in [9.17, 15) is 14.5 Å². The summed E-state index contributed by atoms with van der Waals surface area (Å²) in [5.41, 5.74) is 0.788. The first kappa shape index (κ1) is 13.8. The quantitative estimate of drug-likeness (QED) is 0.381. The van der Waals surface area contributed by atoms with E-state index in [1.807, 2.05) is 6.07 Å². The van der Waals surface area contributed by atoms with Crippen LogP contribution in [-0.4, -0.2) is 4.92 Å². The van der Waals surface area contributed by atoms with E-state index in [2.05, 4.69) is 15.9 Å². The number of alkyl halides is 1. The third-order valence-corrected chi connectivity index (χ3v) is 4.16. The molecule has 0 amide bonds. The first-order chi connectivity index (χ1) is 10.1. The summed E-state index contributed by atoms with van der Waals surface area (Å²) in [5, 5.41) is 11.9. The molecular formula is C15H9BrFNO3. The number of hydrogen-bond donors (Lipinski definition) is 0. The van der Waals surface area contributed by atoms with E-state index in [1.54, 1.807) is 24.3 Å². The summed E-state index contributed by atoms with van der Waals surface area (Å²) in [6.07, 6.45) is 0. The summed E-state index contributed by atoms with van der Waals surface area (Å²) in [5.74, 6) is -0.223. The lowest BCUT2D eigenvalue weighted by molar-refractivity contribution is -0.402. The maximum atomic E-state index is 13.8. The molecule has 1 aromatic heterocycles. The Hall–Kier alpha value is -2.21. The lowest BCUT2D eigenvalue weighted by Gasteiger charge is -2.11. The van der Waals surface area contributed by atoms with E-state index in [-0.39, 0.29) is 11.7 Å². The Labute approximate surface area is 127 Å². The number of nitro groups is 1. The lowest BCUT2D eigenvalue weighted by Crippen LogP contribution is -1.94. The van der Waals surface area contributed by atoms with Crippen LogP contribution in [0.25, 0.3) is 10.8 Å². The molecule has 0 radical (unpaired) electrons. The van der Waals surface area contributed by atoms with E-state index in [0.717, 1.165) is 10.9 Å². The number of nitrogens with zero attached hydrogens (tertiary/aromatic N) is 1. The summed E-state index contributed by atoms with van der Waals surface area (Å²) < 4.78 is 19.0. The Morgan fingerprint density at radius 3 is 2.48 bits per heavy atom. The average Bonchev–Trinajstić information content (AvgIpc) is 2.97. The van der Waals surface area contributed by atoms with Gasteiger partial charge < -0.3 is 4.42 Å². The molecular weight excluding hydrogens is 341 g/mol. The molecule has 1 unspecified atom stereocenters. The molecule has 0 saturated heterocycles. The number of hydrogen-bond acceptors (Lipinski definition) is 3. The van der Waals surface area contributed by atoms with E-state index < -0.39 is 9.75 Å². The fourth-order valence-electron chi connectivity index (χ4n) is 2.24. The maximum Gasteiger partial charge on any atom is 0.433 e. The molecule has 0 aliphatic heterocycles. The topological polar surface area (TPSA) is 56.3 Å². The molecule has 2 aromatic carbocycles. The van der Waals surface area contributed by atoms with Crippen molar-refractivity contribution in [3.63, 3.8) is 0 Å². The predicted octanol–water partition coefficient (Wildman–Crippen LogP) is 4.96. The molecule has 6 heteroatoms. The van der Waals surface area contributed by atoms with Gasteiger partial charge in [-0.2, -0.15) is 0 Å². The molecule has 21 heavy (non-hydrogen) atoms. The van der Waals surface area contributed by atoms with Crippen molar-refractivity contribution in [2.45, 2.75) is 4.83 Å². The molecule has 0 spiro atoms. The molecule has 3 aromatic rings. The van der Waals surface area contributed by atoms with Crippen LogP contribution < -0.4 is 0 Å². The van der Waals surface area contributed by atoms with Crippen molar-refractivity contribution in [2.75, 3.05) is 0 Å². The van der Waals surface area contributed by atoms with Gasteiger partial charge in [-0.05, 0) is 23.1 Å². The zero-order valence-electron chi connectivity index (χ0n) is 10.6. The monoisotopic (exact) mass is 349 g/mol. The van der Waals surface area contributed by atoms with E-state index >= 15 is 0 Å². The number of halogens is 2. The highest BCUT2D eigenvalue weighted by molar-refractivity contribution is 9.09. The van der Waals surface area contributed by atoms with Crippen molar-refractivity contribution >= 4 is 32.6 Å². The Bertz CT molecular complexity index is 831. The standard InChI is InChI=1S/C15H9BrFNO3/c16-15(13-7-8-14(21-13)18(19)20)11-5-6-12(17)10-4-2-1-3-9(10)11/h1-8,15H. The molecule has 4 nitrogen and oxygen atoms in total. The van der Waals surface area contributed by atoms with Crippen molar-refractivity contribution in [3.05, 3.63) is 75.8 Å². The zero-order chi connectivity index (χ0) is 15.0. The van der Waals surface area contributed by atoms with Gasteiger partial charge in [0.1, 0.15) is 16.5 Å². The minimum Gasteiger partial charge on any atom is -0.404 e. The van der Waals surface area contributed by atoms with Crippen molar-refractivity contribution in [1.82, 2.24) is 0 Å². The number of benzene rings is 2. The maximum absolute atomic E-state index is 13.8. The first-order valence-electron chi connectivity index (χ1n) is 6.13. The van der Waals surface area contributed by atoms with Gasteiger partial charge >= 0.3 is 5.88 Å². The fraction of sp³-hybridized carbons (Fsp3) is 0.0667. The Balaban J connectivity index is 2.11. The molecule has 0 fully saturated rings. The van der Waals surface area contributed by atoms with Crippen LogP contribution in [0.15, 0.2) is 52.9 Å². The SMILES string of the molecule is O=[N+]([O-])c1ccc(C(Br)c2ccc(F)c3ccccc23)o1. The van der Waals surface area contributed by atoms with Crippen LogP contribution in [0.4, 0.5) is 10.3 Å². The van der Waals surface area contributed by atoms with Crippen LogP contribution >= 0.6 is 15.9 Å². The molecule has 0 bridgehead atoms. The zero-order valence-corrected chi connectivity index (χ0v) is 12.2. The van der Waals surface area contributed by atoms with Gasteiger partial charge in [0.2, 0.25) is 0 Å². The molecule has 1 atom stereocenters. The average molecular weight is 350 g/mol. The summed E-state index contributed by atoms with van der Waals surface area (Å²) >= 11 is 3.46. The van der Waals surface area contributed by atoms with Gasteiger partial charge in [0.25, 0.3) is 0 Å². The van der Waals surface area contributed by atoms with Crippen LogP contribution in [0.2, 0.25) is 0 Å². The van der Waals surface area contributed by atoms with E-state index in [0.29, 0.717) is 11.1 Å². The van der Waals surface area contributed by atoms with Gasteiger partial charge in [-0.15, -0.1) is 0 Å². The van der Waals surface area contributed by atoms with Crippen LogP contribution in [0.5, 0.6) is 0 Å².